The van der Waals surface area contributed by atoms with Crippen molar-refractivity contribution in [2.75, 3.05) is 0 Å². The van der Waals surface area contributed by atoms with Crippen molar-refractivity contribution in [1.82, 2.24) is 20.2 Å². The van der Waals surface area contributed by atoms with E-state index in [1.165, 1.54) is 32.1 Å². The van der Waals surface area contributed by atoms with Gasteiger partial charge in [-0.2, -0.15) is 0 Å². The quantitative estimate of drug-likeness (QED) is 0.763. The zero-order chi connectivity index (χ0) is 11.4. The summed E-state index contributed by atoms with van der Waals surface area (Å²) in [6.45, 7) is 3.26. The summed E-state index contributed by atoms with van der Waals surface area (Å²) in [5.41, 5.74) is 0. The lowest BCUT2D eigenvalue weighted by Gasteiger charge is -2.26. The third kappa shape index (κ3) is 2.94. The van der Waals surface area contributed by atoms with Crippen molar-refractivity contribution in [3.05, 3.63) is 5.82 Å². The average Bonchev–Trinajstić information content (AvgIpc) is 2.74. The molecule has 0 aliphatic heterocycles. The van der Waals surface area contributed by atoms with Gasteiger partial charge in [0.15, 0.2) is 5.82 Å². The Morgan fingerprint density at radius 2 is 2.31 bits per heavy atom. The van der Waals surface area contributed by atoms with Crippen LogP contribution in [0.1, 0.15) is 44.9 Å². The number of aromatic nitrogens is 4. The monoisotopic (exact) mass is 242 g/mol. The molecule has 0 radical (unpaired) electrons. The topological polar surface area (TPSA) is 43.6 Å². The number of aryl methyl sites for hydroxylation is 1. The summed E-state index contributed by atoms with van der Waals surface area (Å²) in [7, 11) is 0. The fourth-order valence-electron chi connectivity index (χ4n) is 2.62. The molecule has 1 aromatic heterocycles. The largest absolute Gasteiger partial charge is 0.228 e. The Labute approximate surface area is 101 Å². The summed E-state index contributed by atoms with van der Waals surface area (Å²) in [6.07, 6.45) is 6.68. The Morgan fingerprint density at radius 1 is 1.44 bits per heavy atom. The van der Waals surface area contributed by atoms with Crippen LogP contribution in [0, 0.1) is 11.8 Å². The minimum Gasteiger partial charge on any atom is -0.228 e. The van der Waals surface area contributed by atoms with E-state index in [4.69, 9.17) is 11.6 Å². The minimum absolute atomic E-state index is 0.397. The predicted octanol–water partition coefficient (Wildman–Crippen LogP) is 2.63. The Kier molecular flexibility index (Phi) is 4.16. The Hall–Kier alpha value is -0.640. The molecule has 0 amide bonds. The van der Waals surface area contributed by atoms with Gasteiger partial charge in [-0.1, -0.05) is 26.2 Å². The van der Waals surface area contributed by atoms with Crippen LogP contribution in [-0.4, -0.2) is 20.2 Å². The van der Waals surface area contributed by atoms with Crippen molar-refractivity contribution < 1.29 is 0 Å². The lowest BCUT2D eigenvalue weighted by molar-refractivity contribution is 0.257. The van der Waals surface area contributed by atoms with Crippen LogP contribution in [0.25, 0.3) is 0 Å². The molecule has 2 atom stereocenters. The zero-order valence-electron chi connectivity index (χ0n) is 9.77. The lowest BCUT2D eigenvalue weighted by atomic mass is 9.81. The van der Waals surface area contributed by atoms with E-state index < -0.39 is 0 Å². The van der Waals surface area contributed by atoms with Gasteiger partial charge >= 0.3 is 0 Å². The second kappa shape index (κ2) is 5.62. The summed E-state index contributed by atoms with van der Waals surface area (Å²) in [5.74, 6) is 2.91. The van der Waals surface area contributed by atoms with E-state index >= 15 is 0 Å². The van der Waals surface area contributed by atoms with E-state index in [0.717, 1.165) is 24.2 Å². The number of halogens is 1. The molecule has 1 saturated carbocycles. The van der Waals surface area contributed by atoms with Gasteiger partial charge in [0.05, 0.1) is 5.88 Å². The van der Waals surface area contributed by atoms with E-state index in [2.05, 4.69) is 22.4 Å². The summed E-state index contributed by atoms with van der Waals surface area (Å²) < 4.78 is 1.84. The third-order valence-electron chi connectivity index (χ3n) is 3.52. The Balaban J connectivity index is 1.82. The molecular weight excluding hydrogens is 224 g/mol. The molecule has 2 rings (SSSR count). The van der Waals surface area contributed by atoms with Gasteiger partial charge in [-0.15, -0.1) is 16.7 Å². The fourth-order valence-corrected chi connectivity index (χ4v) is 2.81. The van der Waals surface area contributed by atoms with Crippen LogP contribution in [0.4, 0.5) is 0 Å². The Bertz CT molecular complexity index is 326. The van der Waals surface area contributed by atoms with Crippen molar-refractivity contribution in [3.8, 4) is 0 Å². The molecule has 0 bridgehead atoms. The van der Waals surface area contributed by atoms with Crippen molar-refractivity contribution in [1.29, 1.82) is 0 Å². The molecule has 2 unspecified atom stereocenters. The van der Waals surface area contributed by atoms with Crippen molar-refractivity contribution >= 4 is 11.6 Å². The highest BCUT2D eigenvalue weighted by atomic mass is 35.5. The molecule has 0 aromatic carbocycles. The molecule has 5 heteroatoms. The first-order valence-electron chi connectivity index (χ1n) is 6.10. The SMILES string of the molecule is CC1CCCC(CCn2nnnc2CCl)C1. The molecule has 16 heavy (non-hydrogen) atoms. The highest BCUT2D eigenvalue weighted by Crippen LogP contribution is 2.30. The summed E-state index contributed by atoms with van der Waals surface area (Å²) in [5, 5.41) is 11.5. The van der Waals surface area contributed by atoms with Gasteiger partial charge in [-0.25, -0.2) is 4.68 Å². The van der Waals surface area contributed by atoms with Crippen LogP contribution < -0.4 is 0 Å². The van der Waals surface area contributed by atoms with Crippen LogP contribution in [0.3, 0.4) is 0 Å². The molecule has 1 heterocycles. The van der Waals surface area contributed by atoms with E-state index in [-0.39, 0.29) is 0 Å². The minimum atomic E-state index is 0.397. The summed E-state index contributed by atoms with van der Waals surface area (Å²) in [6, 6.07) is 0. The van der Waals surface area contributed by atoms with Crippen molar-refractivity contribution in [2.45, 2.75) is 51.5 Å². The van der Waals surface area contributed by atoms with Gasteiger partial charge in [-0.05, 0) is 35.1 Å². The summed E-state index contributed by atoms with van der Waals surface area (Å²) in [4.78, 5) is 0. The fraction of sp³-hybridized carbons (Fsp3) is 0.909. The number of hydrogen-bond donors (Lipinski definition) is 0. The molecule has 0 N–H and O–H groups in total. The molecule has 4 nitrogen and oxygen atoms in total. The maximum absolute atomic E-state index is 5.75. The number of tetrazole rings is 1. The standard InChI is InChI=1S/C11H19ClN4/c1-9-3-2-4-10(7-9)5-6-16-11(8-12)13-14-15-16/h9-10H,2-8H2,1H3. The van der Waals surface area contributed by atoms with Gasteiger partial charge in [0, 0.05) is 6.54 Å². The molecule has 1 aliphatic rings. The number of alkyl halides is 1. The first-order valence-corrected chi connectivity index (χ1v) is 6.64. The third-order valence-corrected chi connectivity index (χ3v) is 3.76. The number of hydrogen-bond acceptors (Lipinski definition) is 3. The van der Waals surface area contributed by atoms with Crippen LogP contribution in [0.15, 0.2) is 0 Å². The van der Waals surface area contributed by atoms with E-state index in [1.807, 2.05) is 4.68 Å². The van der Waals surface area contributed by atoms with Crippen LogP contribution in [0.2, 0.25) is 0 Å². The zero-order valence-corrected chi connectivity index (χ0v) is 10.5. The maximum Gasteiger partial charge on any atom is 0.165 e. The van der Waals surface area contributed by atoms with E-state index in [0.29, 0.717) is 5.88 Å². The van der Waals surface area contributed by atoms with E-state index in [1.54, 1.807) is 0 Å². The van der Waals surface area contributed by atoms with Crippen molar-refractivity contribution in [2.24, 2.45) is 11.8 Å². The van der Waals surface area contributed by atoms with Gasteiger partial charge < -0.3 is 0 Å². The number of rotatable bonds is 4. The second-order valence-corrected chi connectivity index (χ2v) is 5.15. The van der Waals surface area contributed by atoms with Gasteiger partial charge in [0.2, 0.25) is 0 Å². The maximum atomic E-state index is 5.75. The van der Waals surface area contributed by atoms with Gasteiger partial charge in [0.25, 0.3) is 0 Å². The van der Waals surface area contributed by atoms with Gasteiger partial charge in [-0.3, -0.25) is 0 Å². The molecule has 0 spiro atoms. The van der Waals surface area contributed by atoms with Crippen LogP contribution >= 0.6 is 11.6 Å². The second-order valence-electron chi connectivity index (χ2n) is 4.88. The molecule has 1 fully saturated rings. The number of nitrogens with zero attached hydrogens (tertiary/aromatic N) is 4. The Morgan fingerprint density at radius 3 is 3.06 bits per heavy atom. The molecule has 1 aliphatic carbocycles. The predicted molar refractivity (Wildman–Crippen MR) is 63.1 cm³/mol. The highest BCUT2D eigenvalue weighted by Gasteiger charge is 2.19. The molecule has 0 saturated heterocycles. The van der Waals surface area contributed by atoms with E-state index in [9.17, 15) is 0 Å². The smallest absolute Gasteiger partial charge is 0.165 e. The molecular formula is C11H19ClN4. The molecule has 1 aromatic rings. The van der Waals surface area contributed by atoms with Crippen molar-refractivity contribution in [3.63, 3.8) is 0 Å². The first kappa shape index (κ1) is 11.8. The molecule has 90 valence electrons. The summed E-state index contributed by atoms with van der Waals surface area (Å²) >= 11 is 5.75. The van der Waals surface area contributed by atoms with Crippen LogP contribution in [-0.2, 0) is 12.4 Å². The average molecular weight is 243 g/mol. The lowest BCUT2D eigenvalue weighted by Crippen LogP contribution is -2.16. The van der Waals surface area contributed by atoms with Crippen LogP contribution in [0.5, 0.6) is 0 Å². The van der Waals surface area contributed by atoms with Gasteiger partial charge in [0.1, 0.15) is 0 Å². The highest BCUT2D eigenvalue weighted by molar-refractivity contribution is 6.16. The normalized spacial score (nSPS) is 25.9. The first-order chi connectivity index (χ1) is 7.79.